The van der Waals surface area contributed by atoms with Gasteiger partial charge in [0.05, 0.1) is 0 Å². The summed E-state index contributed by atoms with van der Waals surface area (Å²) in [6.45, 7) is 6.66. The van der Waals surface area contributed by atoms with Crippen LogP contribution in [0.2, 0.25) is 6.82 Å². The van der Waals surface area contributed by atoms with Gasteiger partial charge in [-0.05, 0) is 56.3 Å². The summed E-state index contributed by atoms with van der Waals surface area (Å²) in [5.74, 6) is 1.86. The van der Waals surface area contributed by atoms with Gasteiger partial charge in [0, 0.05) is 34.6 Å². The van der Waals surface area contributed by atoms with E-state index in [1.54, 1.807) is 6.20 Å². The largest absolute Gasteiger partial charge is 0.439 e. The van der Waals surface area contributed by atoms with Gasteiger partial charge >= 0.3 is 6.85 Å². The molecule has 0 N–H and O–H groups in total. The van der Waals surface area contributed by atoms with Gasteiger partial charge in [0.25, 0.3) is 0 Å². The number of para-hydroxylation sites is 1. The van der Waals surface area contributed by atoms with Gasteiger partial charge in [-0.25, -0.2) is 9.97 Å². The Balaban J connectivity index is 1.50. The summed E-state index contributed by atoms with van der Waals surface area (Å²) in [5.41, 5.74) is 5.20. The van der Waals surface area contributed by atoms with Crippen molar-refractivity contribution in [1.82, 2.24) is 14.9 Å². The summed E-state index contributed by atoms with van der Waals surface area (Å²) in [6.07, 6.45) is 5.81. The molecule has 5 heterocycles. The topological polar surface area (TPSA) is 48.6 Å². The highest BCUT2D eigenvalue weighted by atomic mass is 16.3. The van der Waals surface area contributed by atoms with Gasteiger partial charge < -0.3 is 14.2 Å². The zero-order chi connectivity index (χ0) is 21.1. The molecule has 7 heteroatoms. The first kappa shape index (κ1) is 18.1. The number of anilines is 3. The fourth-order valence-corrected chi connectivity index (χ4v) is 5.01. The molecule has 0 saturated carbocycles. The van der Waals surface area contributed by atoms with Gasteiger partial charge in [0.15, 0.2) is 5.82 Å². The van der Waals surface area contributed by atoms with E-state index in [0.29, 0.717) is 5.71 Å². The van der Waals surface area contributed by atoms with Crippen LogP contribution in [0.5, 0.6) is 0 Å². The van der Waals surface area contributed by atoms with Gasteiger partial charge in [-0.1, -0.05) is 25.0 Å². The summed E-state index contributed by atoms with van der Waals surface area (Å²) >= 11 is 0. The Morgan fingerprint density at radius 3 is 2.58 bits per heavy atom. The molecule has 2 aliphatic heterocycles. The molecule has 2 aliphatic rings. The molecule has 152 valence electrons. The lowest BCUT2D eigenvalue weighted by Gasteiger charge is -2.44. The zero-order valence-electron chi connectivity index (χ0n) is 17.7. The van der Waals surface area contributed by atoms with Crippen LogP contribution in [0.3, 0.4) is 0 Å². The first-order valence-corrected chi connectivity index (χ1v) is 10.6. The van der Waals surface area contributed by atoms with Crippen LogP contribution in [0.15, 0.2) is 77.1 Å². The summed E-state index contributed by atoms with van der Waals surface area (Å²) in [6, 6.07) is 18.7. The number of fused-ring (bicyclic) bond motifs is 4. The van der Waals surface area contributed by atoms with E-state index in [-0.39, 0.29) is 13.0 Å². The highest BCUT2D eigenvalue weighted by Gasteiger charge is 2.43. The molecule has 0 spiro atoms. The summed E-state index contributed by atoms with van der Waals surface area (Å²) < 4.78 is 6.07. The van der Waals surface area contributed by atoms with E-state index in [1.807, 2.05) is 24.4 Å². The van der Waals surface area contributed by atoms with Crippen molar-refractivity contribution in [2.24, 2.45) is 0 Å². The molecule has 1 aromatic carbocycles. The third-order valence-corrected chi connectivity index (χ3v) is 6.25. The minimum Gasteiger partial charge on any atom is -0.439 e. The number of nitrogens with zero attached hydrogens (tertiary/aromatic N) is 5. The van der Waals surface area contributed by atoms with E-state index < -0.39 is 0 Å². The van der Waals surface area contributed by atoms with E-state index in [1.165, 1.54) is 5.46 Å². The molecule has 1 atom stereocenters. The van der Waals surface area contributed by atoms with Crippen molar-refractivity contribution in [2.75, 3.05) is 9.91 Å². The maximum Gasteiger partial charge on any atom is 0.315 e. The summed E-state index contributed by atoms with van der Waals surface area (Å²) in [4.78, 5) is 13.8. The van der Waals surface area contributed by atoms with Gasteiger partial charge in [0.2, 0.25) is 5.71 Å². The second-order valence-corrected chi connectivity index (χ2v) is 8.07. The Bertz CT molecular complexity index is 1320. The van der Waals surface area contributed by atoms with Crippen LogP contribution >= 0.6 is 0 Å². The van der Waals surface area contributed by atoms with E-state index >= 15 is 0 Å². The van der Waals surface area contributed by atoms with Gasteiger partial charge in [0.1, 0.15) is 17.6 Å². The van der Waals surface area contributed by atoms with Crippen LogP contribution in [0, 0.1) is 0 Å². The molecular formula is C24H22BN5O. The van der Waals surface area contributed by atoms with Crippen molar-refractivity contribution in [3.8, 4) is 0 Å². The predicted molar refractivity (Wildman–Crippen MR) is 126 cm³/mol. The molecule has 0 amide bonds. The van der Waals surface area contributed by atoms with Crippen LogP contribution in [0.25, 0.3) is 17.2 Å². The average Bonchev–Trinajstić information content (AvgIpc) is 3.29. The molecule has 3 aromatic heterocycles. The second-order valence-electron chi connectivity index (χ2n) is 8.07. The van der Waals surface area contributed by atoms with Crippen molar-refractivity contribution in [1.29, 1.82) is 0 Å². The quantitative estimate of drug-likeness (QED) is 0.451. The maximum absolute atomic E-state index is 6.07. The second kappa shape index (κ2) is 6.64. The number of allylic oxidation sites excluding steroid dienone is 1. The van der Waals surface area contributed by atoms with Crippen LogP contribution in [0.1, 0.15) is 19.6 Å². The van der Waals surface area contributed by atoms with E-state index in [4.69, 9.17) is 9.40 Å². The van der Waals surface area contributed by atoms with Crippen LogP contribution in [-0.4, -0.2) is 27.9 Å². The first-order chi connectivity index (χ1) is 15.1. The van der Waals surface area contributed by atoms with Crippen molar-refractivity contribution in [3.05, 3.63) is 78.4 Å². The van der Waals surface area contributed by atoms with E-state index in [9.17, 15) is 0 Å². The third kappa shape index (κ3) is 2.52. The SMILES string of the molecule is CB1c2c(oc3ncccc23)C=C(C)N1N1c2cccnc2N(c2ccccc2)[C@@H]1C. The first-order valence-electron chi connectivity index (χ1n) is 10.6. The minimum atomic E-state index is 0.0518. The highest BCUT2D eigenvalue weighted by molar-refractivity contribution is 6.73. The summed E-state index contributed by atoms with van der Waals surface area (Å²) in [7, 11) is 0. The lowest BCUT2D eigenvalue weighted by molar-refractivity contribution is 0.442. The fraction of sp³-hybridized carbons (Fsp3) is 0.167. The van der Waals surface area contributed by atoms with E-state index in [2.05, 4.69) is 83.0 Å². The minimum absolute atomic E-state index is 0.0518. The Labute approximate surface area is 181 Å². The molecule has 0 radical (unpaired) electrons. The lowest BCUT2D eigenvalue weighted by atomic mass is 9.55. The van der Waals surface area contributed by atoms with Crippen LogP contribution in [-0.2, 0) is 0 Å². The number of hydrogen-bond donors (Lipinski definition) is 0. The number of benzene rings is 1. The molecule has 4 aromatic rings. The Morgan fingerprint density at radius 2 is 1.74 bits per heavy atom. The Kier molecular flexibility index (Phi) is 3.87. The number of hydrazine groups is 1. The number of aromatic nitrogens is 2. The molecule has 0 saturated heterocycles. The molecule has 0 bridgehead atoms. The van der Waals surface area contributed by atoms with Crippen LogP contribution in [0.4, 0.5) is 17.2 Å². The lowest BCUT2D eigenvalue weighted by Crippen LogP contribution is -2.59. The molecule has 6 rings (SSSR count). The average molecular weight is 407 g/mol. The summed E-state index contributed by atoms with van der Waals surface area (Å²) in [5, 5.41) is 3.42. The molecule has 6 nitrogen and oxygen atoms in total. The molecule has 0 aliphatic carbocycles. The smallest absolute Gasteiger partial charge is 0.315 e. The van der Waals surface area contributed by atoms with Gasteiger partial charge in [-0.3, -0.25) is 5.01 Å². The Hall–Kier alpha value is -3.74. The molecule has 0 fully saturated rings. The molecule has 31 heavy (non-hydrogen) atoms. The number of hydrogen-bond acceptors (Lipinski definition) is 6. The number of rotatable bonds is 2. The third-order valence-electron chi connectivity index (χ3n) is 6.25. The monoisotopic (exact) mass is 407 g/mol. The van der Waals surface area contributed by atoms with Crippen LogP contribution < -0.4 is 15.4 Å². The number of pyridine rings is 2. The fourth-order valence-electron chi connectivity index (χ4n) is 5.01. The van der Waals surface area contributed by atoms with Crippen molar-refractivity contribution < 1.29 is 4.42 Å². The molecular weight excluding hydrogens is 385 g/mol. The Morgan fingerprint density at radius 1 is 0.968 bits per heavy atom. The van der Waals surface area contributed by atoms with E-state index in [0.717, 1.165) is 34.0 Å². The van der Waals surface area contributed by atoms with Crippen molar-refractivity contribution in [3.63, 3.8) is 0 Å². The standard InChI is InChI=1S/C24H22BN5O/c1-16-15-21-22(19-11-7-14-27-24(19)31-21)25(3)30(16)29-17(2)28(18-9-5-4-6-10-18)23-20(29)12-8-13-26-23/h4-15,17H,1-3H3/t17-/m0/s1. The number of furan rings is 1. The van der Waals surface area contributed by atoms with Crippen molar-refractivity contribution >= 4 is 46.7 Å². The molecule has 0 unspecified atom stereocenters. The van der Waals surface area contributed by atoms with Gasteiger partial charge in [-0.2, -0.15) is 0 Å². The van der Waals surface area contributed by atoms with Crippen molar-refractivity contribution in [2.45, 2.75) is 26.8 Å². The van der Waals surface area contributed by atoms with Gasteiger partial charge in [-0.15, -0.1) is 0 Å². The normalized spacial score (nSPS) is 17.8. The zero-order valence-corrected chi connectivity index (χ0v) is 17.7. The predicted octanol–water partition coefficient (Wildman–Crippen LogP) is 4.65. The maximum atomic E-state index is 6.07. The highest BCUT2D eigenvalue weighted by Crippen LogP contribution is 2.44.